The molecular weight excluding hydrogens is 354 g/mol. The van der Waals surface area contributed by atoms with Gasteiger partial charge in [-0.25, -0.2) is 0 Å². The van der Waals surface area contributed by atoms with Gasteiger partial charge in [-0.3, -0.25) is 0 Å². The normalized spacial score (nSPS) is 11.1. The maximum absolute atomic E-state index is 5.78. The Morgan fingerprint density at radius 1 is 0.552 bits per heavy atom. The maximum Gasteiger partial charge on any atom is 0.0466 e. The highest BCUT2D eigenvalue weighted by molar-refractivity contribution is 4.90. The highest BCUT2D eigenvalue weighted by Crippen LogP contribution is 2.11. The van der Waals surface area contributed by atoms with Gasteiger partial charge in [0, 0.05) is 25.5 Å². The van der Waals surface area contributed by atoms with Gasteiger partial charge in [-0.15, -0.1) is 0 Å². The van der Waals surface area contributed by atoms with Crippen molar-refractivity contribution in [1.82, 2.24) is 5.32 Å². The minimum absolute atomic E-state index is 0.972. The Kier molecular flexibility index (Phi) is 25.1. The van der Waals surface area contributed by atoms with Crippen LogP contribution in [0.2, 0.25) is 0 Å². The molecule has 0 aliphatic rings. The molecule has 0 atom stereocenters. The topological polar surface area (TPSA) is 21.3 Å². The Morgan fingerprint density at radius 2 is 0.966 bits per heavy atom. The number of unbranched alkanes of at least 4 members (excludes halogenated alkanes) is 16. The Morgan fingerprint density at radius 3 is 1.48 bits per heavy atom. The molecule has 0 bridgehead atoms. The number of nitrogens with one attached hydrogen (secondary N) is 1. The van der Waals surface area contributed by atoms with Gasteiger partial charge >= 0.3 is 0 Å². The van der Waals surface area contributed by atoms with Crippen molar-refractivity contribution >= 4 is 0 Å². The van der Waals surface area contributed by atoms with Crippen molar-refractivity contribution in [2.45, 2.75) is 142 Å². The van der Waals surface area contributed by atoms with Gasteiger partial charge in [0.1, 0.15) is 0 Å². The largest absolute Gasteiger partial charge is 0.389 e. The second-order valence-corrected chi connectivity index (χ2v) is 8.90. The number of hydrogen-bond donors (Lipinski definition) is 1. The van der Waals surface area contributed by atoms with Gasteiger partial charge in [-0.1, -0.05) is 117 Å². The molecule has 2 heteroatoms. The first kappa shape index (κ1) is 28.5. The lowest BCUT2D eigenvalue weighted by Crippen LogP contribution is -2.13. The highest BCUT2D eigenvalue weighted by Gasteiger charge is 1.97. The first-order valence-electron chi connectivity index (χ1n) is 13.3. The average Bonchev–Trinajstić information content (AvgIpc) is 2.73. The smallest absolute Gasteiger partial charge is 0.0466 e. The van der Waals surface area contributed by atoms with E-state index in [1.807, 2.05) is 0 Å². The summed E-state index contributed by atoms with van der Waals surface area (Å²) in [5.74, 6) is 0. The fourth-order valence-electron chi connectivity index (χ4n) is 3.77. The molecule has 0 aromatic carbocycles. The van der Waals surface area contributed by atoms with Gasteiger partial charge in [0.15, 0.2) is 0 Å². The van der Waals surface area contributed by atoms with Gasteiger partial charge < -0.3 is 10.1 Å². The third-order valence-electron chi connectivity index (χ3n) is 5.81. The SMILES string of the molecule is C=C(CCCCCCCCCOCCCCCCCCC)NCCCCCCC. The standard InChI is InChI=1S/C27H55NO/c1-4-6-8-10-13-17-21-25-29-26-22-18-14-11-12-15-19-23-27(3)28-24-20-16-9-7-5-2/h28H,3-26H2,1-2H3. The lowest BCUT2D eigenvalue weighted by molar-refractivity contribution is 0.125. The average molecular weight is 410 g/mol. The Balaban J connectivity index is 3.10. The fraction of sp³-hybridized carbons (Fsp3) is 0.926. The van der Waals surface area contributed by atoms with Crippen molar-refractivity contribution in [2.75, 3.05) is 19.8 Å². The second-order valence-electron chi connectivity index (χ2n) is 8.90. The second kappa shape index (κ2) is 25.5. The van der Waals surface area contributed by atoms with Gasteiger partial charge in [-0.2, -0.15) is 0 Å². The van der Waals surface area contributed by atoms with E-state index in [-0.39, 0.29) is 0 Å². The molecule has 0 fully saturated rings. The van der Waals surface area contributed by atoms with Gasteiger partial charge in [0.25, 0.3) is 0 Å². The van der Waals surface area contributed by atoms with E-state index >= 15 is 0 Å². The zero-order chi connectivity index (χ0) is 21.3. The maximum atomic E-state index is 5.78. The molecule has 0 saturated heterocycles. The van der Waals surface area contributed by atoms with Gasteiger partial charge in [0.05, 0.1) is 0 Å². The van der Waals surface area contributed by atoms with E-state index in [4.69, 9.17) is 4.74 Å². The van der Waals surface area contributed by atoms with E-state index in [2.05, 4.69) is 25.7 Å². The van der Waals surface area contributed by atoms with Crippen LogP contribution in [0.3, 0.4) is 0 Å². The molecule has 0 spiro atoms. The van der Waals surface area contributed by atoms with Crippen LogP contribution in [-0.2, 0) is 4.74 Å². The van der Waals surface area contributed by atoms with Crippen LogP contribution in [0.1, 0.15) is 142 Å². The van der Waals surface area contributed by atoms with E-state index in [1.54, 1.807) is 0 Å². The van der Waals surface area contributed by atoms with E-state index in [9.17, 15) is 0 Å². The molecule has 0 aromatic rings. The Bertz CT molecular complexity index is 316. The van der Waals surface area contributed by atoms with Crippen LogP contribution in [0.25, 0.3) is 0 Å². The molecule has 0 aromatic heterocycles. The van der Waals surface area contributed by atoms with Crippen LogP contribution >= 0.6 is 0 Å². The molecule has 0 saturated carbocycles. The van der Waals surface area contributed by atoms with Crippen molar-refractivity contribution in [2.24, 2.45) is 0 Å². The summed E-state index contributed by atoms with van der Waals surface area (Å²) in [4.78, 5) is 0. The quantitative estimate of drug-likeness (QED) is 0.152. The molecule has 0 aliphatic carbocycles. The van der Waals surface area contributed by atoms with Crippen molar-refractivity contribution < 1.29 is 4.74 Å². The Hall–Kier alpha value is -0.500. The summed E-state index contributed by atoms with van der Waals surface area (Å²) in [5.41, 5.74) is 1.25. The molecule has 174 valence electrons. The third kappa shape index (κ3) is 25.5. The molecular formula is C27H55NO. The summed E-state index contributed by atoms with van der Waals surface area (Å²) in [7, 11) is 0. The van der Waals surface area contributed by atoms with Crippen molar-refractivity contribution in [3.05, 3.63) is 12.3 Å². The minimum Gasteiger partial charge on any atom is -0.389 e. The first-order chi connectivity index (χ1) is 14.3. The van der Waals surface area contributed by atoms with E-state index in [1.165, 1.54) is 128 Å². The fourth-order valence-corrected chi connectivity index (χ4v) is 3.77. The minimum atomic E-state index is 0.972. The number of ether oxygens (including phenoxy) is 1. The summed E-state index contributed by atoms with van der Waals surface area (Å²) in [6, 6.07) is 0. The van der Waals surface area contributed by atoms with Crippen LogP contribution < -0.4 is 5.32 Å². The molecule has 2 nitrogen and oxygen atoms in total. The molecule has 29 heavy (non-hydrogen) atoms. The zero-order valence-electron chi connectivity index (χ0n) is 20.4. The van der Waals surface area contributed by atoms with Crippen molar-refractivity contribution in [1.29, 1.82) is 0 Å². The predicted molar refractivity (Wildman–Crippen MR) is 132 cm³/mol. The molecule has 1 N–H and O–H groups in total. The lowest BCUT2D eigenvalue weighted by atomic mass is 10.1. The number of allylic oxidation sites excluding steroid dienone is 1. The molecule has 0 aliphatic heterocycles. The summed E-state index contributed by atoms with van der Waals surface area (Å²) >= 11 is 0. The summed E-state index contributed by atoms with van der Waals surface area (Å²) in [6.07, 6.45) is 26.8. The summed E-state index contributed by atoms with van der Waals surface area (Å²) < 4.78 is 5.78. The summed E-state index contributed by atoms with van der Waals surface area (Å²) in [5, 5.41) is 3.51. The number of hydrogen-bond acceptors (Lipinski definition) is 2. The predicted octanol–water partition coefficient (Wildman–Crippen LogP) is 8.95. The van der Waals surface area contributed by atoms with Crippen molar-refractivity contribution in [3.8, 4) is 0 Å². The Labute approximate surface area is 184 Å². The third-order valence-corrected chi connectivity index (χ3v) is 5.81. The van der Waals surface area contributed by atoms with Crippen LogP contribution in [0.15, 0.2) is 12.3 Å². The lowest BCUT2D eigenvalue weighted by Gasteiger charge is -2.09. The number of rotatable bonds is 25. The van der Waals surface area contributed by atoms with E-state index in [0.717, 1.165) is 26.2 Å². The van der Waals surface area contributed by atoms with Crippen molar-refractivity contribution in [3.63, 3.8) is 0 Å². The first-order valence-corrected chi connectivity index (χ1v) is 13.3. The molecule has 0 radical (unpaired) electrons. The molecule has 0 rings (SSSR count). The monoisotopic (exact) mass is 409 g/mol. The van der Waals surface area contributed by atoms with Crippen LogP contribution in [-0.4, -0.2) is 19.8 Å². The van der Waals surface area contributed by atoms with Gasteiger partial charge in [0.2, 0.25) is 0 Å². The molecule has 0 amide bonds. The van der Waals surface area contributed by atoms with Crippen LogP contribution in [0, 0.1) is 0 Å². The van der Waals surface area contributed by atoms with Crippen LogP contribution in [0.4, 0.5) is 0 Å². The van der Waals surface area contributed by atoms with Gasteiger partial charge in [-0.05, 0) is 32.1 Å². The van der Waals surface area contributed by atoms with Crippen LogP contribution in [0.5, 0.6) is 0 Å². The summed E-state index contributed by atoms with van der Waals surface area (Å²) in [6.45, 7) is 11.8. The molecule has 0 unspecified atom stereocenters. The highest BCUT2D eigenvalue weighted by atomic mass is 16.5. The molecule has 0 heterocycles. The zero-order valence-corrected chi connectivity index (χ0v) is 20.4. The van der Waals surface area contributed by atoms with E-state index in [0.29, 0.717) is 0 Å². The van der Waals surface area contributed by atoms with E-state index < -0.39 is 0 Å².